The maximum absolute atomic E-state index is 5.59. The highest BCUT2D eigenvalue weighted by atomic mass is 127. The molecule has 0 bridgehead atoms. The van der Waals surface area contributed by atoms with Crippen LogP contribution in [0.5, 0.6) is 0 Å². The van der Waals surface area contributed by atoms with Crippen LogP contribution in [0.3, 0.4) is 0 Å². The number of aromatic nitrogens is 10. The Balaban J connectivity index is 0.000000122. The van der Waals surface area contributed by atoms with E-state index in [1.165, 1.54) is 87.4 Å². The van der Waals surface area contributed by atoms with Crippen LogP contribution in [0, 0.1) is 3.57 Å². The summed E-state index contributed by atoms with van der Waals surface area (Å²) >= 11 is 7.72. The first-order valence-corrected chi connectivity index (χ1v) is 30.5. The molecule has 0 saturated carbocycles. The van der Waals surface area contributed by atoms with E-state index in [4.69, 9.17) is 21.6 Å². The second-order valence-electron chi connectivity index (χ2n) is 21.8. The molecule has 1 N–H and O–H groups in total. The zero-order valence-electron chi connectivity index (χ0n) is 46.9. The van der Waals surface area contributed by atoms with Gasteiger partial charge in [0.25, 0.3) is 0 Å². The molecule has 0 aliphatic rings. The molecule has 0 radical (unpaired) electrons. The number of para-hydroxylation sites is 6. The fraction of sp³-hybridized carbons (Fsp3) is 0. The number of nitrogens with one attached hydrogen (secondary N) is 1. The van der Waals surface area contributed by atoms with Crippen LogP contribution in [0.1, 0.15) is 0 Å². The van der Waals surface area contributed by atoms with Gasteiger partial charge in [0.2, 0.25) is 0 Å². The fourth-order valence-electron chi connectivity index (χ4n) is 13.4. The molecule has 10 aromatic carbocycles. The second kappa shape index (κ2) is 21.0. The number of benzene rings is 10. The van der Waals surface area contributed by atoms with Crippen molar-refractivity contribution in [3.8, 4) is 34.1 Å². The van der Waals surface area contributed by atoms with E-state index in [0.717, 1.165) is 65.0 Å². The highest BCUT2D eigenvalue weighted by Gasteiger charge is 2.24. The van der Waals surface area contributed by atoms with E-state index in [0.29, 0.717) is 5.15 Å². The van der Waals surface area contributed by atoms with Gasteiger partial charge in [0.15, 0.2) is 0 Å². The first-order chi connectivity index (χ1) is 43.6. The molecule has 0 atom stereocenters. The van der Waals surface area contributed by atoms with E-state index < -0.39 is 0 Å². The van der Waals surface area contributed by atoms with Gasteiger partial charge in [-0.1, -0.05) is 133 Å². The molecule has 0 fully saturated rings. The largest absolute Gasteiger partial charge is 0.345 e. The lowest BCUT2D eigenvalue weighted by molar-refractivity contribution is 1.17. The van der Waals surface area contributed by atoms with Crippen LogP contribution in [0.25, 0.3) is 149 Å². The molecule has 19 aromatic rings. The average molecular weight is 1260 g/mol. The van der Waals surface area contributed by atoms with Crippen LogP contribution in [-0.4, -0.2) is 47.6 Å². The minimum atomic E-state index is 0.577. The molecule has 19 rings (SSSR count). The van der Waals surface area contributed by atoms with E-state index in [1.807, 2.05) is 43.0 Å². The van der Waals surface area contributed by atoms with Crippen molar-refractivity contribution in [3.05, 3.63) is 295 Å². The predicted octanol–water partition coefficient (Wildman–Crippen LogP) is 19.8. The minimum Gasteiger partial charge on any atom is -0.345 e. The van der Waals surface area contributed by atoms with E-state index in [9.17, 15) is 0 Å². The third-order valence-corrected chi connectivity index (χ3v) is 18.5. The molecule has 0 aliphatic carbocycles. The normalized spacial score (nSPS) is 11.8. The third kappa shape index (κ3) is 8.15. The second-order valence-corrected chi connectivity index (χ2v) is 23.3. The number of fused-ring (bicyclic) bond motifs is 20. The topological polar surface area (TPSA) is 91.5 Å². The summed E-state index contributed by atoms with van der Waals surface area (Å²) in [6, 6.07) is 88.4. The van der Waals surface area contributed by atoms with Gasteiger partial charge in [0.05, 0.1) is 58.7 Å². The number of halogens is 2. The molecule has 0 unspecified atom stereocenters. The molecule has 12 heteroatoms. The Morgan fingerprint density at radius 1 is 0.330 bits per heavy atom. The van der Waals surface area contributed by atoms with Gasteiger partial charge in [0, 0.05) is 119 Å². The molecule has 88 heavy (non-hydrogen) atoms. The van der Waals surface area contributed by atoms with Gasteiger partial charge in [-0.25, -0.2) is 15.0 Å². The molecular formula is C76H48ClIN10. The van der Waals surface area contributed by atoms with Gasteiger partial charge >= 0.3 is 0 Å². The maximum atomic E-state index is 5.59. The number of pyridine rings is 3. The lowest BCUT2D eigenvalue weighted by Gasteiger charge is -2.10. The summed E-state index contributed by atoms with van der Waals surface area (Å²) in [6.45, 7) is 0. The lowest BCUT2D eigenvalue weighted by atomic mass is 10.0. The molecule has 416 valence electrons. The summed E-state index contributed by atoms with van der Waals surface area (Å²) in [5, 5.41) is 12.8. The third-order valence-electron chi connectivity index (χ3n) is 17.0. The Bertz CT molecular complexity index is 5870. The molecule has 9 aromatic heterocycles. The number of H-pyrrole nitrogens is 1. The lowest BCUT2D eigenvalue weighted by Crippen LogP contribution is -1.95. The first-order valence-electron chi connectivity index (χ1n) is 29.1. The number of imidazole rings is 2. The van der Waals surface area contributed by atoms with E-state index in [2.05, 4.69) is 291 Å². The molecule has 0 aliphatic heterocycles. The van der Waals surface area contributed by atoms with Crippen LogP contribution in [0.15, 0.2) is 286 Å². The highest BCUT2D eigenvalue weighted by Crippen LogP contribution is 2.46. The zero-order chi connectivity index (χ0) is 58.4. The number of hydrogen-bond acceptors (Lipinski definition) is 4. The standard InChI is InChI=1S/C38H23N5.C33H22N4.C5H3ClIN/c1-3-10-24(11-4-1)42-30-15-8-7-14-26(30)35-31(42)17-18-32-36(35)29-22-27-28(23-34(29)43(32)25-12-5-2-6-13-25)38-40-20-21-41(38)33-16-9-19-39-37(27)33;1-3-9-23(10-4-1)36-27-14-8-7-13-25(27)31-28(36)17-18-29-32(31)26-16-15-22(33-34-19-20-35-33)21-30(26)37(29)24-11-5-2-6-12-24;6-5-4(7)2-1-3-8-5/h1-23H;1-21H,(H,34,35);1-3H. The average Bonchev–Trinajstić information content (AvgIpc) is 1.57. The van der Waals surface area contributed by atoms with E-state index in [-0.39, 0.29) is 0 Å². The molecule has 0 amide bonds. The van der Waals surface area contributed by atoms with Gasteiger partial charge in [-0.15, -0.1) is 0 Å². The Hall–Kier alpha value is -10.9. The molecular weight excluding hydrogens is 1220 g/mol. The summed E-state index contributed by atoms with van der Waals surface area (Å²) in [5.74, 6) is 0.873. The Morgan fingerprint density at radius 3 is 1.31 bits per heavy atom. The van der Waals surface area contributed by atoms with E-state index >= 15 is 0 Å². The maximum Gasteiger partial charge on any atom is 0.145 e. The van der Waals surface area contributed by atoms with Crippen molar-refractivity contribution < 1.29 is 0 Å². The Kier molecular flexibility index (Phi) is 12.3. The van der Waals surface area contributed by atoms with Crippen LogP contribution < -0.4 is 0 Å². The molecule has 9 heterocycles. The van der Waals surface area contributed by atoms with Crippen LogP contribution in [0.2, 0.25) is 5.15 Å². The number of rotatable bonds is 5. The minimum absolute atomic E-state index is 0.577. The number of nitrogens with zero attached hydrogens (tertiary/aromatic N) is 9. The molecule has 0 spiro atoms. The van der Waals surface area contributed by atoms with Crippen molar-refractivity contribution in [1.29, 1.82) is 0 Å². The van der Waals surface area contributed by atoms with Crippen molar-refractivity contribution in [2.45, 2.75) is 0 Å². The SMILES string of the molecule is Clc1ncccc1I.c1ccc(-n2c3ccccc3c3c4c5cc6c(cc5n(-c5ccccc5)c4ccc32)c2nccn2c2cccnc62)cc1.c1ccc(-n2c3ccccc3c3c4c5ccc(-c6ncc[nH]6)cc5n(-c5ccccc5)c4ccc32)cc1. The summed E-state index contributed by atoms with van der Waals surface area (Å²) in [7, 11) is 0. The number of aromatic amines is 1. The summed E-state index contributed by atoms with van der Waals surface area (Å²) in [4.78, 5) is 21.3. The predicted molar refractivity (Wildman–Crippen MR) is 371 cm³/mol. The summed E-state index contributed by atoms with van der Waals surface area (Å²) < 4.78 is 12.7. The highest BCUT2D eigenvalue weighted by molar-refractivity contribution is 14.1. The van der Waals surface area contributed by atoms with Gasteiger partial charge in [-0.3, -0.25) is 9.38 Å². The Labute approximate surface area is 521 Å². The van der Waals surface area contributed by atoms with Gasteiger partial charge in [-0.05, 0) is 150 Å². The summed E-state index contributed by atoms with van der Waals surface area (Å²) in [5.41, 5.74) is 18.1. The van der Waals surface area contributed by atoms with Crippen LogP contribution >= 0.6 is 34.2 Å². The smallest absolute Gasteiger partial charge is 0.145 e. The van der Waals surface area contributed by atoms with Crippen molar-refractivity contribution in [3.63, 3.8) is 0 Å². The fourth-order valence-corrected chi connectivity index (χ4v) is 13.9. The van der Waals surface area contributed by atoms with Crippen LogP contribution in [0.4, 0.5) is 0 Å². The van der Waals surface area contributed by atoms with E-state index in [1.54, 1.807) is 12.4 Å². The Morgan fingerprint density at radius 2 is 0.795 bits per heavy atom. The number of hydrogen-bond donors (Lipinski definition) is 1. The zero-order valence-corrected chi connectivity index (χ0v) is 49.8. The van der Waals surface area contributed by atoms with Crippen molar-refractivity contribution in [1.82, 2.24) is 47.6 Å². The molecule has 0 saturated heterocycles. The van der Waals surface area contributed by atoms with Crippen molar-refractivity contribution in [2.24, 2.45) is 0 Å². The van der Waals surface area contributed by atoms with Gasteiger partial charge < -0.3 is 23.3 Å². The van der Waals surface area contributed by atoms with Crippen LogP contribution in [-0.2, 0) is 0 Å². The van der Waals surface area contributed by atoms with Gasteiger partial charge in [0.1, 0.15) is 16.6 Å². The monoisotopic (exact) mass is 1260 g/mol. The van der Waals surface area contributed by atoms with Crippen molar-refractivity contribution in [2.75, 3.05) is 0 Å². The van der Waals surface area contributed by atoms with Crippen molar-refractivity contribution >= 4 is 149 Å². The molecule has 10 nitrogen and oxygen atoms in total. The first kappa shape index (κ1) is 51.6. The quantitative estimate of drug-likeness (QED) is 0.106. The van der Waals surface area contributed by atoms with Gasteiger partial charge in [-0.2, -0.15) is 0 Å². The summed E-state index contributed by atoms with van der Waals surface area (Å²) in [6.07, 6.45) is 11.1.